The summed E-state index contributed by atoms with van der Waals surface area (Å²) in [6.45, 7) is 0. The molecule has 0 spiro atoms. The summed E-state index contributed by atoms with van der Waals surface area (Å²) in [6.07, 6.45) is -4.56. The summed E-state index contributed by atoms with van der Waals surface area (Å²) < 4.78 is 37.7. The van der Waals surface area contributed by atoms with Crippen LogP contribution < -0.4 is 0 Å². The molecule has 0 N–H and O–H groups in total. The van der Waals surface area contributed by atoms with Crippen molar-refractivity contribution in [2.75, 3.05) is 0 Å². The van der Waals surface area contributed by atoms with Gasteiger partial charge in [0.1, 0.15) is 10.8 Å². The fourth-order valence-electron chi connectivity index (χ4n) is 1.29. The maximum Gasteiger partial charge on any atom is 0.433 e. The molecule has 0 saturated carbocycles. The second kappa shape index (κ2) is 4.74. The van der Waals surface area contributed by atoms with Crippen LogP contribution in [0.15, 0.2) is 30.3 Å². The molecule has 0 fully saturated rings. The van der Waals surface area contributed by atoms with E-state index < -0.39 is 11.9 Å². The smallest absolute Gasteiger partial charge is 0.223 e. The number of aromatic nitrogens is 2. The molecule has 94 valence electrons. The number of halogens is 5. The molecule has 0 radical (unpaired) electrons. The molecule has 0 amide bonds. The third kappa shape index (κ3) is 2.91. The highest BCUT2D eigenvalue weighted by Gasteiger charge is 2.33. The number of hydrogen-bond donors (Lipinski definition) is 0. The van der Waals surface area contributed by atoms with Crippen molar-refractivity contribution in [2.24, 2.45) is 0 Å². The summed E-state index contributed by atoms with van der Waals surface area (Å²) >= 11 is 11.2. The van der Waals surface area contributed by atoms with Crippen LogP contribution in [-0.4, -0.2) is 9.97 Å². The third-order valence-corrected chi connectivity index (χ3v) is 2.53. The molecule has 0 bridgehead atoms. The molecule has 0 aliphatic heterocycles. The summed E-state index contributed by atoms with van der Waals surface area (Å²) in [6, 6.07) is 6.80. The Morgan fingerprint density at radius 1 is 0.944 bits per heavy atom. The van der Waals surface area contributed by atoms with E-state index >= 15 is 0 Å². The first kappa shape index (κ1) is 13.1. The number of benzene rings is 1. The second-order valence-corrected chi connectivity index (χ2v) is 4.23. The maximum atomic E-state index is 12.6. The highest BCUT2D eigenvalue weighted by molar-refractivity contribution is 6.30. The van der Waals surface area contributed by atoms with E-state index in [1.165, 1.54) is 24.3 Å². The number of alkyl halides is 3. The normalized spacial score (nSPS) is 11.6. The Bertz CT molecular complexity index is 567. The van der Waals surface area contributed by atoms with Gasteiger partial charge in [0.25, 0.3) is 0 Å². The van der Waals surface area contributed by atoms with Gasteiger partial charge in [-0.25, -0.2) is 9.97 Å². The van der Waals surface area contributed by atoms with Gasteiger partial charge < -0.3 is 0 Å². The van der Waals surface area contributed by atoms with E-state index in [4.69, 9.17) is 23.2 Å². The van der Waals surface area contributed by atoms with E-state index in [0.29, 0.717) is 16.7 Å². The zero-order valence-corrected chi connectivity index (χ0v) is 10.2. The molecule has 0 saturated heterocycles. The van der Waals surface area contributed by atoms with Gasteiger partial charge in [-0.05, 0) is 24.3 Å². The lowest BCUT2D eigenvalue weighted by molar-refractivity contribution is -0.141. The van der Waals surface area contributed by atoms with Gasteiger partial charge in [-0.2, -0.15) is 13.2 Å². The molecule has 0 aliphatic rings. The molecular formula is C11H5Cl2F3N2. The first-order valence-corrected chi connectivity index (χ1v) is 5.49. The van der Waals surface area contributed by atoms with Crippen LogP contribution in [0.25, 0.3) is 11.4 Å². The van der Waals surface area contributed by atoms with Crippen LogP contribution in [0.4, 0.5) is 13.2 Å². The van der Waals surface area contributed by atoms with Gasteiger partial charge in [-0.3, -0.25) is 0 Å². The summed E-state index contributed by atoms with van der Waals surface area (Å²) in [7, 11) is 0. The van der Waals surface area contributed by atoms with Crippen LogP contribution in [0.5, 0.6) is 0 Å². The largest absolute Gasteiger partial charge is 0.433 e. The van der Waals surface area contributed by atoms with Gasteiger partial charge >= 0.3 is 6.18 Å². The number of nitrogens with zero attached hydrogens (tertiary/aromatic N) is 2. The minimum atomic E-state index is -4.56. The van der Waals surface area contributed by atoms with Crippen molar-refractivity contribution in [3.05, 3.63) is 46.2 Å². The summed E-state index contributed by atoms with van der Waals surface area (Å²) in [5.74, 6) is -0.0912. The molecular weight excluding hydrogens is 288 g/mol. The zero-order valence-electron chi connectivity index (χ0n) is 8.67. The molecule has 1 aromatic carbocycles. The first-order valence-electron chi connectivity index (χ1n) is 4.74. The Hall–Kier alpha value is -1.33. The van der Waals surface area contributed by atoms with E-state index in [0.717, 1.165) is 0 Å². The molecule has 1 aromatic heterocycles. The Balaban J connectivity index is 2.52. The molecule has 2 nitrogen and oxygen atoms in total. The summed E-state index contributed by atoms with van der Waals surface area (Å²) in [5.41, 5.74) is -0.667. The third-order valence-electron chi connectivity index (χ3n) is 2.09. The predicted molar refractivity (Wildman–Crippen MR) is 62.5 cm³/mol. The predicted octanol–water partition coefficient (Wildman–Crippen LogP) is 4.47. The fourth-order valence-corrected chi connectivity index (χ4v) is 1.60. The van der Waals surface area contributed by atoms with Crippen LogP contribution in [0, 0.1) is 0 Å². The lowest BCUT2D eigenvalue weighted by Crippen LogP contribution is -2.09. The van der Waals surface area contributed by atoms with Crippen molar-refractivity contribution in [3.63, 3.8) is 0 Å². The van der Waals surface area contributed by atoms with Crippen LogP contribution >= 0.6 is 23.2 Å². The summed E-state index contributed by atoms with van der Waals surface area (Å²) in [4.78, 5) is 7.20. The molecule has 0 atom stereocenters. The lowest BCUT2D eigenvalue weighted by atomic mass is 10.2. The molecule has 18 heavy (non-hydrogen) atoms. The van der Waals surface area contributed by atoms with Crippen molar-refractivity contribution in [3.8, 4) is 11.4 Å². The molecule has 0 unspecified atom stereocenters. The molecule has 2 aromatic rings. The van der Waals surface area contributed by atoms with Gasteiger partial charge in [0.2, 0.25) is 0 Å². The highest BCUT2D eigenvalue weighted by atomic mass is 35.5. The SMILES string of the molecule is FC(F)(F)c1cc(Cl)nc(-c2ccc(Cl)cc2)n1. The maximum absolute atomic E-state index is 12.6. The van der Waals surface area contributed by atoms with Crippen LogP contribution in [0.1, 0.15) is 5.69 Å². The van der Waals surface area contributed by atoms with E-state index in [1.807, 2.05) is 0 Å². The van der Waals surface area contributed by atoms with Crippen LogP contribution in [0.3, 0.4) is 0 Å². The van der Waals surface area contributed by atoms with Gasteiger partial charge in [0.05, 0.1) is 0 Å². The van der Waals surface area contributed by atoms with E-state index in [2.05, 4.69) is 9.97 Å². The quantitative estimate of drug-likeness (QED) is 0.725. The minimum absolute atomic E-state index is 0.0912. The average molecular weight is 293 g/mol. The minimum Gasteiger partial charge on any atom is -0.223 e. The molecule has 0 aliphatic carbocycles. The molecule has 7 heteroatoms. The van der Waals surface area contributed by atoms with Crippen molar-refractivity contribution >= 4 is 23.2 Å². The Labute approximate surface area is 110 Å². The van der Waals surface area contributed by atoms with Crippen molar-refractivity contribution in [1.82, 2.24) is 9.97 Å². The van der Waals surface area contributed by atoms with Gasteiger partial charge in [0, 0.05) is 16.7 Å². The van der Waals surface area contributed by atoms with Crippen molar-refractivity contribution in [2.45, 2.75) is 6.18 Å². The molecule has 2 rings (SSSR count). The van der Waals surface area contributed by atoms with Gasteiger partial charge in [0.15, 0.2) is 5.82 Å². The van der Waals surface area contributed by atoms with Crippen LogP contribution in [0.2, 0.25) is 10.2 Å². The van der Waals surface area contributed by atoms with Crippen molar-refractivity contribution in [1.29, 1.82) is 0 Å². The molecule has 1 heterocycles. The van der Waals surface area contributed by atoms with Gasteiger partial charge in [-0.1, -0.05) is 23.2 Å². The van der Waals surface area contributed by atoms with E-state index in [-0.39, 0.29) is 11.0 Å². The van der Waals surface area contributed by atoms with Crippen LogP contribution in [-0.2, 0) is 6.18 Å². The Morgan fingerprint density at radius 3 is 2.11 bits per heavy atom. The number of rotatable bonds is 1. The topological polar surface area (TPSA) is 25.8 Å². The Kier molecular flexibility index (Phi) is 3.45. The summed E-state index contributed by atoms with van der Waals surface area (Å²) in [5, 5.41) is 0.207. The zero-order chi connectivity index (χ0) is 13.3. The van der Waals surface area contributed by atoms with E-state index in [9.17, 15) is 13.2 Å². The first-order chi connectivity index (χ1) is 8.36. The standard InChI is InChI=1S/C11H5Cl2F3N2/c12-7-3-1-6(2-4-7)10-17-8(11(14,15)16)5-9(13)18-10/h1-5H. The number of hydrogen-bond acceptors (Lipinski definition) is 2. The average Bonchev–Trinajstić information content (AvgIpc) is 2.28. The fraction of sp³-hybridized carbons (Fsp3) is 0.0909. The lowest BCUT2D eigenvalue weighted by Gasteiger charge is -2.08. The van der Waals surface area contributed by atoms with Crippen molar-refractivity contribution < 1.29 is 13.2 Å². The highest BCUT2D eigenvalue weighted by Crippen LogP contribution is 2.30. The Morgan fingerprint density at radius 2 is 1.56 bits per heavy atom. The van der Waals surface area contributed by atoms with E-state index in [1.54, 1.807) is 0 Å². The monoisotopic (exact) mass is 292 g/mol. The second-order valence-electron chi connectivity index (χ2n) is 3.40. The van der Waals surface area contributed by atoms with Gasteiger partial charge in [-0.15, -0.1) is 0 Å².